The highest BCUT2D eigenvalue weighted by Gasteiger charge is 2.46. The third-order valence-electron chi connectivity index (χ3n) is 12.0. The Morgan fingerprint density at radius 1 is 0.389 bits per heavy atom. The Morgan fingerprint density at radius 2 is 0.694 bits per heavy atom. The standard InChI is InChI=1S/C30H45N3O3/c34-28(31-25-10-16-1-4-19(25)7-16)22-13-23(29(35)32-26-11-17-2-5-20(26)8-17)15-24(14-22)30(36)33-27-12-18-3-6-21(27)9-18/h16-27H,1-15H2,(H,31,34)(H,32,35)(H,33,36). The molecular weight excluding hydrogens is 450 g/mol. The fourth-order valence-electron chi connectivity index (χ4n) is 10.1. The number of nitrogens with one attached hydrogen (secondary N) is 3. The van der Waals surface area contributed by atoms with Gasteiger partial charge in [-0.05, 0) is 113 Å². The third kappa shape index (κ3) is 4.38. The molecule has 36 heavy (non-hydrogen) atoms. The van der Waals surface area contributed by atoms with E-state index in [1.54, 1.807) is 0 Å². The van der Waals surface area contributed by atoms with Crippen LogP contribution in [0.3, 0.4) is 0 Å². The van der Waals surface area contributed by atoms with Crippen molar-refractivity contribution in [3.05, 3.63) is 0 Å². The van der Waals surface area contributed by atoms with E-state index in [0.29, 0.717) is 55.1 Å². The second-order valence-corrected chi connectivity index (χ2v) is 14.2. The zero-order valence-electron chi connectivity index (χ0n) is 21.8. The number of carbonyl (C=O) groups excluding carboxylic acids is 3. The normalized spacial score (nSPS) is 48.3. The van der Waals surface area contributed by atoms with Crippen molar-refractivity contribution in [1.82, 2.24) is 16.0 Å². The Kier molecular flexibility index (Phi) is 6.08. The Balaban J connectivity index is 1.02. The molecule has 7 aliphatic rings. The van der Waals surface area contributed by atoms with Crippen molar-refractivity contribution in [2.24, 2.45) is 53.3 Å². The molecule has 6 heteroatoms. The average molecular weight is 496 g/mol. The van der Waals surface area contributed by atoms with Gasteiger partial charge in [-0.15, -0.1) is 0 Å². The minimum absolute atomic E-state index is 0.0997. The van der Waals surface area contributed by atoms with Crippen LogP contribution < -0.4 is 16.0 Å². The number of rotatable bonds is 6. The van der Waals surface area contributed by atoms with Gasteiger partial charge < -0.3 is 16.0 Å². The van der Waals surface area contributed by atoms with Gasteiger partial charge in [0.2, 0.25) is 17.7 Å². The third-order valence-corrected chi connectivity index (χ3v) is 12.0. The van der Waals surface area contributed by atoms with Crippen molar-refractivity contribution in [2.45, 2.75) is 114 Å². The van der Waals surface area contributed by atoms with Crippen LogP contribution >= 0.6 is 0 Å². The molecule has 0 saturated heterocycles. The first-order valence-electron chi connectivity index (χ1n) is 15.4. The smallest absolute Gasteiger partial charge is 0.223 e. The molecule has 7 saturated carbocycles. The SMILES string of the molecule is O=C(NC1CC2CCC1C2)C1CC(C(=O)NC2CC3CCC2C3)CC(C(=O)NC2CC3CCC2C3)C1. The predicted octanol–water partition coefficient (Wildman–Crippen LogP) is 3.93. The van der Waals surface area contributed by atoms with Gasteiger partial charge in [-0.25, -0.2) is 0 Å². The molecule has 6 bridgehead atoms. The summed E-state index contributed by atoms with van der Waals surface area (Å²) in [7, 11) is 0. The zero-order chi connectivity index (χ0) is 24.4. The van der Waals surface area contributed by atoms with Gasteiger partial charge in [-0.1, -0.05) is 19.3 Å². The fourth-order valence-corrected chi connectivity index (χ4v) is 10.1. The first-order chi connectivity index (χ1) is 17.5. The van der Waals surface area contributed by atoms with Crippen LogP contribution in [0, 0.1) is 53.3 Å². The lowest BCUT2D eigenvalue weighted by Gasteiger charge is -2.36. The van der Waals surface area contributed by atoms with E-state index in [-0.39, 0.29) is 35.5 Å². The summed E-state index contributed by atoms with van der Waals surface area (Å²) in [6.45, 7) is 0. The van der Waals surface area contributed by atoms with Gasteiger partial charge in [0.25, 0.3) is 0 Å². The Morgan fingerprint density at radius 3 is 0.917 bits per heavy atom. The Labute approximate surface area is 215 Å². The molecule has 0 aromatic carbocycles. The summed E-state index contributed by atoms with van der Waals surface area (Å²) in [6, 6.07) is 0.919. The molecule has 0 aromatic rings. The van der Waals surface area contributed by atoms with E-state index in [0.717, 1.165) is 37.0 Å². The number of amides is 3. The van der Waals surface area contributed by atoms with Gasteiger partial charge in [0.1, 0.15) is 0 Å². The van der Waals surface area contributed by atoms with E-state index in [1.807, 2.05) is 0 Å². The lowest BCUT2D eigenvalue weighted by Crippen LogP contribution is -2.50. The van der Waals surface area contributed by atoms with Crippen molar-refractivity contribution >= 4 is 17.7 Å². The van der Waals surface area contributed by atoms with E-state index < -0.39 is 0 Å². The van der Waals surface area contributed by atoms with Gasteiger partial charge in [-0.2, -0.15) is 0 Å². The fraction of sp³-hybridized carbons (Fsp3) is 0.900. The predicted molar refractivity (Wildman–Crippen MR) is 136 cm³/mol. The van der Waals surface area contributed by atoms with Crippen molar-refractivity contribution in [3.8, 4) is 0 Å². The summed E-state index contributed by atoms with van der Waals surface area (Å²) < 4.78 is 0. The summed E-state index contributed by atoms with van der Waals surface area (Å²) >= 11 is 0. The molecule has 7 rings (SSSR count). The van der Waals surface area contributed by atoms with Crippen molar-refractivity contribution in [3.63, 3.8) is 0 Å². The molecule has 0 heterocycles. The van der Waals surface area contributed by atoms with Crippen LogP contribution in [0.4, 0.5) is 0 Å². The lowest BCUT2D eigenvalue weighted by molar-refractivity contribution is -0.136. The number of hydrogen-bond acceptors (Lipinski definition) is 3. The van der Waals surface area contributed by atoms with Crippen molar-refractivity contribution in [2.75, 3.05) is 0 Å². The molecule has 9 atom stereocenters. The molecule has 9 unspecified atom stereocenters. The van der Waals surface area contributed by atoms with Crippen LogP contribution in [0.15, 0.2) is 0 Å². The maximum atomic E-state index is 13.5. The van der Waals surface area contributed by atoms with Crippen LogP contribution in [0.5, 0.6) is 0 Å². The number of carbonyl (C=O) groups is 3. The highest BCUT2D eigenvalue weighted by molar-refractivity contribution is 5.86. The number of hydrogen-bond donors (Lipinski definition) is 3. The second-order valence-electron chi connectivity index (χ2n) is 14.2. The zero-order valence-corrected chi connectivity index (χ0v) is 21.8. The highest BCUT2D eigenvalue weighted by atomic mass is 16.2. The van der Waals surface area contributed by atoms with Gasteiger partial charge >= 0.3 is 0 Å². The molecule has 7 aliphatic carbocycles. The van der Waals surface area contributed by atoms with E-state index in [2.05, 4.69) is 16.0 Å². The van der Waals surface area contributed by atoms with Crippen LogP contribution in [0.1, 0.15) is 96.3 Å². The highest BCUT2D eigenvalue weighted by Crippen LogP contribution is 2.47. The first kappa shape index (κ1) is 23.5. The molecule has 198 valence electrons. The quantitative estimate of drug-likeness (QED) is 0.522. The maximum absolute atomic E-state index is 13.5. The summed E-state index contributed by atoms with van der Waals surface area (Å²) in [5.74, 6) is 3.86. The maximum Gasteiger partial charge on any atom is 0.223 e. The first-order valence-corrected chi connectivity index (χ1v) is 15.4. The molecule has 3 N–H and O–H groups in total. The van der Waals surface area contributed by atoms with E-state index in [9.17, 15) is 14.4 Å². The molecule has 0 radical (unpaired) electrons. The topological polar surface area (TPSA) is 87.3 Å². The molecule has 0 spiro atoms. The molecule has 0 aliphatic heterocycles. The summed E-state index contributed by atoms with van der Waals surface area (Å²) in [4.78, 5) is 40.5. The van der Waals surface area contributed by atoms with E-state index >= 15 is 0 Å². The van der Waals surface area contributed by atoms with Gasteiger partial charge in [0, 0.05) is 35.9 Å². The van der Waals surface area contributed by atoms with Crippen LogP contribution in [0.25, 0.3) is 0 Å². The van der Waals surface area contributed by atoms with Crippen LogP contribution in [-0.2, 0) is 14.4 Å². The Hall–Kier alpha value is -1.59. The molecule has 6 nitrogen and oxygen atoms in total. The lowest BCUT2D eigenvalue weighted by atomic mass is 9.73. The van der Waals surface area contributed by atoms with Gasteiger partial charge in [-0.3, -0.25) is 14.4 Å². The van der Waals surface area contributed by atoms with Crippen LogP contribution in [-0.4, -0.2) is 35.8 Å². The molecular formula is C30H45N3O3. The molecule has 0 aromatic heterocycles. The summed E-state index contributed by atoms with van der Waals surface area (Å²) in [5.41, 5.74) is 0. The average Bonchev–Trinajstić information content (AvgIpc) is 3.72. The monoisotopic (exact) mass is 495 g/mol. The van der Waals surface area contributed by atoms with Gasteiger partial charge in [0.15, 0.2) is 0 Å². The number of fused-ring (bicyclic) bond motifs is 6. The molecule has 3 amide bonds. The minimum Gasteiger partial charge on any atom is -0.353 e. The van der Waals surface area contributed by atoms with Crippen molar-refractivity contribution in [1.29, 1.82) is 0 Å². The Bertz CT molecular complexity index is 786. The van der Waals surface area contributed by atoms with E-state index in [4.69, 9.17) is 0 Å². The van der Waals surface area contributed by atoms with Crippen molar-refractivity contribution < 1.29 is 14.4 Å². The van der Waals surface area contributed by atoms with Crippen LogP contribution in [0.2, 0.25) is 0 Å². The summed E-state index contributed by atoms with van der Waals surface area (Å²) in [5, 5.41) is 10.2. The second kappa shape index (κ2) is 9.31. The molecule has 7 fully saturated rings. The van der Waals surface area contributed by atoms with E-state index in [1.165, 1.54) is 57.8 Å². The van der Waals surface area contributed by atoms with Gasteiger partial charge in [0.05, 0.1) is 0 Å². The minimum atomic E-state index is -0.232. The largest absolute Gasteiger partial charge is 0.353 e. The summed E-state index contributed by atoms with van der Waals surface area (Å²) in [6.07, 6.45) is 16.6.